The number of thiocarbonyl (C=S) groups is 1. The lowest BCUT2D eigenvalue weighted by Gasteiger charge is -2.21. The van der Waals surface area contributed by atoms with E-state index in [1.807, 2.05) is 0 Å². The Morgan fingerprint density at radius 3 is 2.64 bits per heavy atom. The third-order valence-electron chi connectivity index (χ3n) is 1.50. The normalized spacial score (nSPS) is 9.79. The van der Waals surface area contributed by atoms with Gasteiger partial charge in [-0.3, -0.25) is 5.01 Å². The molecule has 0 heterocycles. The number of hydrazine groups is 1. The molecular formula is C8H19N5S. The first-order chi connectivity index (χ1) is 6.72. The van der Waals surface area contributed by atoms with Crippen molar-refractivity contribution in [2.45, 2.75) is 0 Å². The number of nitrogens with one attached hydrogen (secondary N) is 2. The van der Waals surface area contributed by atoms with Crippen LogP contribution in [0.4, 0.5) is 0 Å². The third kappa shape index (κ3) is 6.79. The van der Waals surface area contributed by atoms with Crippen LogP contribution in [0.25, 0.3) is 0 Å². The average Bonchev–Trinajstić information content (AvgIpc) is 2.15. The van der Waals surface area contributed by atoms with Crippen molar-refractivity contribution in [1.29, 1.82) is 0 Å². The van der Waals surface area contributed by atoms with Gasteiger partial charge in [-0.05, 0) is 12.2 Å². The molecule has 0 aromatic carbocycles. The summed E-state index contributed by atoms with van der Waals surface area (Å²) < 4.78 is 0. The molecule has 0 aromatic heterocycles. The van der Waals surface area contributed by atoms with Gasteiger partial charge in [0.15, 0.2) is 5.11 Å². The molecule has 0 bridgehead atoms. The van der Waals surface area contributed by atoms with Gasteiger partial charge in [0.1, 0.15) is 0 Å². The maximum atomic E-state index is 5.47. The molecule has 0 atom stereocenters. The second-order valence-corrected chi connectivity index (χ2v) is 3.10. The molecule has 0 fully saturated rings. The van der Waals surface area contributed by atoms with Crippen LogP contribution in [-0.4, -0.2) is 42.8 Å². The van der Waals surface area contributed by atoms with Crippen molar-refractivity contribution in [3.63, 3.8) is 0 Å². The first kappa shape index (κ1) is 13.3. The lowest BCUT2D eigenvalue weighted by Crippen LogP contribution is -2.48. The predicted octanol–water partition coefficient (Wildman–Crippen LogP) is -1.23. The van der Waals surface area contributed by atoms with E-state index >= 15 is 0 Å². The fourth-order valence-electron chi connectivity index (χ4n) is 0.868. The van der Waals surface area contributed by atoms with Crippen molar-refractivity contribution < 1.29 is 0 Å². The van der Waals surface area contributed by atoms with Crippen LogP contribution in [0.2, 0.25) is 0 Å². The molecule has 0 rings (SSSR count). The molecule has 82 valence electrons. The summed E-state index contributed by atoms with van der Waals surface area (Å²) in [7, 11) is 0. The molecule has 0 aliphatic heterocycles. The molecule has 0 radical (unpaired) electrons. The first-order valence-corrected chi connectivity index (χ1v) is 4.95. The van der Waals surface area contributed by atoms with Gasteiger partial charge in [-0.2, -0.15) is 0 Å². The number of nitrogens with zero attached hydrogens (tertiary/aromatic N) is 1. The molecule has 6 N–H and O–H groups in total. The fourth-order valence-corrected chi connectivity index (χ4v) is 1.01. The summed E-state index contributed by atoms with van der Waals surface area (Å²) in [4.78, 5) is 0. The van der Waals surface area contributed by atoms with Crippen LogP contribution in [0.1, 0.15) is 0 Å². The van der Waals surface area contributed by atoms with E-state index in [0.29, 0.717) is 18.2 Å². The Labute approximate surface area is 90.5 Å². The number of hydrogen-bond donors (Lipinski definition) is 4. The van der Waals surface area contributed by atoms with Gasteiger partial charge in [0, 0.05) is 26.2 Å². The smallest absolute Gasteiger partial charge is 0.181 e. The maximum absolute atomic E-state index is 5.47. The lowest BCUT2D eigenvalue weighted by atomic mass is 10.5. The Balaban J connectivity index is 3.50. The SMILES string of the molecule is C=CCN(NCCNCCN)C(N)=S. The van der Waals surface area contributed by atoms with E-state index < -0.39 is 0 Å². The minimum absolute atomic E-state index is 0.323. The van der Waals surface area contributed by atoms with Crippen molar-refractivity contribution in [1.82, 2.24) is 15.8 Å². The number of rotatable bonds is 8. The topological polar surface area (TPSA) is 79.3 Å². The molecular weight excluding hydrogens is 198 g/mol. The molecule has 0 aromatic rings. The molecule has 5 nitrogen and oxygen atoms in total. The van der Waals surface area contributed by atoms with Crippen molar-refractivity contribution in [3.05, 3.63) is 12.7 Å². The van der Waals surface area contributed by atoms with E-state index in [0.717, 1.165) is 19.6 Å². The van der Waals surface area contributed by atoms with E-state index in [2.05, 4.69) is 17.3 Å². The van der Waals surface area contributed by atoms with E-state index in [-0.39, 0.29) is 0 Å². The van der Waals surface area contributed by atoms with Gasteiger partial charge in [-0.15, -0.1) is 6.58 Å². The molecule has 0 aliphatic carbocycles. The Kier molecular flexibility index (Phi) is 8.45. The van der Waals surface area contributed by atoms with Crippen molar-refractivity contribution in [2.24, 2.45) is 11.5 Å². The summed E-state index contributed by atoms with van der Waals surface area (Å²) in [5.41, 5.74) is 13.9. The Bertz CT molecular complexity index is 173. The van der Waals surface area contributed by atoms with Gasteiger partial charge in [-0.25, -0.2) is 5.43 Å². The minimum Gasteiger partial charge on any atom is -0.375 e. The Hall–Kier alpha value is -0.690. The van der Waals surface area contributed by atoms with Gasteiger partial charge in [0.25, 0.3) is 0 Å². The summed E-state index contributed by atoms with van der Waals surface area (Å²) in [5.74, 6) is 0. The fraction of sp³-hybridized carbons (Fsp3) is 0.625. The van der Waals surface area contributed by atoms with Gasteiger partial charge in [0.2, 0.25) is 0 Å². The standard InChI is InChI=1S/C8H19N5S/c1-2-7-13(8(10)14)12-6-5-11-4-3-9/h2,11-12H,1,3-7,9H2,(H2,10,14). The molecule has 0 spiro atoms. The Morgan fingerprint density at radius 1 is 1.43 bits per heavy atom. The van der Waals surface area contributed by atoms with Gasteiger partial charge < -0.3 is 16.8 Å². The van der Waals surface area contributed by atoms with Crippen LogP contribution in [0, 0.1) is 0 Å². The molecule has 6 heteroatoms. The molecule has 0 saturated carbocycles. The van der Waals surface area contributed by atoms with Crippen LogP contribution in [0.3, 0.4) is 0 Å². The van der Waals surface area contributed by atoms with Crippen LogP contribution >= 0.6 is 12.2 Å². The Morgan fingerprint density at radius 2 is 2.14 bits per heavy atom. The summed E-state index contributed by atoms with van der Waals surface area (Å²) in [6, 6.07) is 0. The summed E-state index contributed by atoms with van der Waals surface area (Å²) in [6.07, 6.45) is 1.74. The third-order valence-corrected chi connectivity index (χ3v) is 1.72. The lowest BCUT2D eigenvalue weighted by molar-refractivity contribution is 0.337. The zero-order valence-electron chi connectivity index (χ0n) is 8.33. The summed E-state index contributed by atoms with van der Waals surface area (Å²) in [5, 5.41) is 5.14. The van der Waals surface area contributed by atoms with E-state index in [4.69, 9.17) is 23.7 Å². The van der Waals surface area contributed by atoms with Gasteiger partial charge >= 0.3 is 0 Å². The van der Waals surface area contributed by atoms with E-state index in [9.17, 15) is 0 Å². The second kappa shape index (κ2) is 8.89. The first-order valence-electron chi connectivity index (χ1n) is 4.54. The molecule has 14 heavy (non-hydrogen) atoms. The van der Waals surface area contributed by atoms with Crippen molar-refractivity contribution >= 4 is 17.3 Å². The quantitative estimate of drug-likeness (QED) is 0.176. The number of nitrogens with two attached hydrogens (primary N) is 2. The molecule has 0 aliphatic rings. The van der Waals surface area contributed by atoms with Crippen LogP contribution in [0.15, 0.2) is 12.7 Å². The van der Waals surface area contributed by atoms with Crippen molar-refractivity contribution in [3.8, 4) is 0 Å². The molecule has 0 unspecified atom stereocenters. The maximum Gasteiger partial charge on any atom is 0.181 e. The van der Waals surface area contributed by atoms with Gasteiger partial charge in [-0.1, -0.05) is 6.08 Å². The minimum atomic E-state index is 0.323. The van der Waals surface area contributed by atoms with Crippen LogP contribution in [-0.2, 0) is 0 Å². The monoisotopic (exact) mass is 217 g/mol. The van der Waals surface area contributed by atoms with Crippen molar-refractivity contribution in [2.75, 3.05) is 32.7 Å². The largest absolute Gasteiger partial charge is 0.375 e. The summed E-state index contributed by atoms with van der Waals surface area (Å²) >= 11 is 4.84. The average molecular weight is 217 g/mol. The predicted molar refractivity (Wildman–Crippen MR) is 63.6 cm³/mol. The zero-order chi connectivity index (χ0) is 10.8. The highest BCUT2D eigenvalue weighted by atomic mass is 32.1. The molecule has 0 amide bonds. The van der Waals surface area contributed by atoms with E-state index in [1.54, 1.807) is 11.1 Å². The van der Waals surface area contributed by atoms with E-state index in [1.165, 1.54) is 0 Å². The van der Waals surface area contributed by atoms with Gasteiger partial charge in [0.05, 0.1) is 6.54 Å². The number of hydrogen-bond acceptors (Lipinski definition) is 4. The zero-order valence-corrected chi connectivity index (χ0v) is 9.15. The van der Waals surface area contributed by atoms with Crippen LogP contribution in [0.5, 0.6) is 0 Å². The highest BCUT2D eigenvalue weighted by Crippen LogP contribution is 1.81. The summed E-state index contributed by atoms with van der Waals surface area (Å²) in [6.45, 7) is 7.26. The second-order valence-electron chi connectivity index (χ2n) is 2.68. The highest BCUT2D eigenvalue weighted by Gasteiger charge is 2.01. The van der Waals surface area contributed by atoms with Crippen LogP contribution < -0.4 is 22.2 Å². The highest BCUT2D eigenvalue weighted by molar-refractivity contribution is 7.80. The molecule has 0 saturated heterocycles.